The van der Waals surface area contributed by atoms with E-state index in [1.165, 1.54) is 69.5 Å². The Kier molecular flexibility index (Phi) is 5.33. The number of nitrogens with zero attached hydrogens (tertiary/aromatic N) is 3. The van der Waals surface area contributed by atoms with Crippen molar-refractivity contribution in [1.29, 1.82) is 0 Å². The summed E-state index contributed by atoms with van der Waals surface area (Å²) in [6.07, 6.45) is 0. The van der Waals surface area contributed by atoms with Gasteiger partial charge in [0.25, 0.3) is 0 Å². The van der Waals surface area contributed by atoms with Crippen LogP contribution in [0.4, 0.5) is 0 Å². The molecule has 0 atom stereocenters. The molecule has 0 radical (unpaired) electrons. The van der Waals surface area contributed by atoms with Gasteiger partial charge in [-0.3, -0.25) is 4.57 Å². The lowest BCUT2D eigenvalue weighted by atomic mass is 9.80. The molecular weight excluding hydrogens is 615 g/mol. The third kappa shape index (κ3) is 3.51. The van der Waals surface area contributed by atoms with Gasteiger partial charge in [0.15, 0.2) is 0 Å². The average molecular weight is 644 g/mol. The Morgan fingerprint density at radius 3 is 2.08 bits per heavy atom. The number of benzene rings is 7. The van der Waals surface area contributed by atoms with Crippen molar-refractivity contribution in [3.63, 3.8) is 0 Å². The van der Waals surface area contributed by atoms with Crippen LogP contribution >= 0.6 is 11.3 Å². The second-order valence-electron chi connectivity index (χ2n) is 13.7. The van der Waals surface area contributed by atoms with Gasteiger partial charge < -0.3 is 0 Å². The molecule has 0 saturated carbocycles. The highest BCUT2D eigenvalue weighted by molar-refractivity contribution is 7.26. The molecule has 49 heavy (non-hydrogen) atoms. The molecular formula is C45H29N3S. The summed E-state index contributed by atoms with van der Waals surface area (Å²) in [7, 11) is 0. The van der Waals surface area contributed by atoms with Crippen molar-refractivity contribution in [1.82, 2.24) is 14.5 Å². The van der Waals surface area contributed by atoms with Gasteiger partial charge in [-0.2, -0.15) is 0 Å². The van der Waals surface area contributed by atoms with Crippen LogP contribution in [0, 0.1) is 0 Å². The van der Waals surface area contributed by atoms with Crippen LogP contribution in [0.3, 0.4) is 0 Å². The van der Waals surface area contributed by atoms with E-state index in [1.54, 1.807) is 0 Å². The van der Waals surface area contributed by atoms with Crippen LogP contribution in [0.5, 0.6) is 0 Å². The molecule has 3 nitrogen and oxygen atoms in total. The Morgan fingerprint density at radius 1 is 0.551 bits per heavy atom. The molecule has 4 heteroatoms. The van der Waals surface area contributed by atoms with E-state index in [0.29, 0.717) is 5.95 Å². The van der Waals surface area contributed by atoms with Crippen molar-refractivity contribution in [2.24, 2.45) is 0 Å². The standard InChI is InChI=1S/C45H29N3S/c1-45(2)34-22-9-5-17-30(34)38-27-15-3-4-16-28(27)39-32-19-7-11-24-36(32)48(42(39)40(38)45)44-46-35-23-10-6-18-31(35)41(47-44)33-21-13-20-29-26-14-8-12-25-37(26)49-43(29)33/h3-25H,1-2H3. The summed E-state index contributed by atoms with van der Waals surface area (Å²) < 4.78 is 4.91. The van der Waals surface area contributed by atoms with Gasteiger partial charge in [0.1, 0.15) is 0 Å². The maximum absolute atomic E-state index is 5.60. The minimum Gasteiger partial charge on any atom is -0.278 e. The monoisotopic (exact) mass is 643 g/mol. The smallest absolute Gasteiger partial charge is 0.235 e. The van der Waals surface area contributed by atoms with Gasteiger partial charge >= 0.3 is 0 Å². The zero-order chi connectivity index (χ0) is 32.4. The Hall–Kier alpha value is -5.84. The molecule has 230 valence electrons. The molecule has 3 aromatic heterocycles. The number of aromatic nitrogens is 3. The van der Waals surface area contributed by atoms with Gasteiger partial charge in [0.05, 0.1) is 22.2 Å². The molecule has 0 fully saturated rings. The van der Waals surface area contributed by atoms with Gasteiger partial charge in [-0.15, -0.1) is 11.3 Å². The maximum Gasteiger partial charge on any atom is 0.235 e. The highest BCUT2D eigenvalue weighted by Gasteiger charge is 2.40. The van der Waals surface area contributed by atoms with Crippen molar-refractivity contribution < 1.29 is 0 Å². The molecule has 1 aliphatic carbocycles. The molecule has 0 N–H and O–H groups in total. The van der Waals surface area contributed by atoms with Crippen LogP contribution in [0.25, 0.3) is 92.0 Å². The number of fused-ring (bicyclic) bond motifs is 14. The van der Waals surface area contributed by atoms with E-state index in [0.717, 1.165) is 27.7 Å². The number of rotatable bonds is 2. The quantitative estimate of drug-likeness (QED) is 0.188. The first kappa shape index (κ1) is 27.1. The predicted octanol–water partition coefficient (Wildman–Crippen LogP) is 12.2. The fraction of sp³-hybridized carbons (Fsp3) is 0.0667. The third-order valence-corrected chi connectivity index (χ3v) is 12.0. The SMILES string of the molecule is CC1(C)c2ccccc2-c2c1c1c(c3ccccc23)c2ccccc2n1-c1nc(-c2cccc3c2sc2ccccc23)c2ccccc2n1. The van der Waals surface area contributed by atoms with E-state index >= 15 is 0 Å². The Morgan fingerprint density at radius 2 is 1.20 bits per heavy atom. The van der Waals surface area contributed by atoms with Crippen LogP contribution in [0.2, 0.25) is 0 Å². The van der Waals surface area contributed by atoms with Crippen LogP contribution in [-0.2, 0) is 5.41 Å². The molecule has 3 heterocycles. The summed E-state index contributed by atoms with van der Waals surface area (Å²) in [5.74, 6) is 0.697. The lowest BCUT2D eigenvalue weighted by Crippen LogP contribution is -2.17. The first-order chi connectivity index (χ1) is 24.1. The molecule has 11 rings (SSSR count). The highest BCUT2D eigenvalue weighted by Crippen LogP contribution is 2.56. The fourth-order valence-electron chi connectivity index (χ4n) is 8.70. The van der Waals surface area contributed by atoms with Gasteiger partial charge in [-0.1, -0.05) is 135 Å². The molecule has 1 aliphatic rings. The van der Waals surface area contributed by atoms with E-state index in [4.69, 9.17) is 9.97 Å². The van der Waals surface area contributed by atoms with Gasteiger partial charge in [-0.05, 0) is 51.2 Å². The first-order valence-electron chi connectivity index (χ1n) is 16.9. The molecule has 0 unspecified atom stereocenters. The van der Waals surface area contributed by atoms with Crippen LogP contribution in [0.15, 0.2) is 140 Å². The Labute approximate surface area is 286 Å². The van der Waals surface area contributed by atoms with Gasteiger partial charge in [0.2, 0.25) is 5.95 Å². The number of hydrogen-bond acceptors (Lipinski definition) is 3. The largest absolute Gasteiger partial charge is 0.278 e. The van der Waals surface area contributed by atoms with E-state index in [2.05, 4.69) is 158 Å². The normalized spacial score (nSPS) is 13.7. The molecule has 0 saturated heterocycles. The fourth-order valence-corrected chi connectivity index (χ4v) is 9.92. The maximum atomic E-state index is 5.60. The molecule has 10 aromatic rings. The van der Waals surface area contributed by atoms with E-state index in [9.17, 15) is 0 Å². The van der Waals surface area contributed by atoms with Crippen LogP contribution in [0.1, 0.15) is 25.0 Å². The second-order valence-corrected chi connectivity index (χ2v) is 14.8. The second kappa shape index (κ2) is 9.62. The molecule has 0 amide bonds. The zero-order valence-corrected chi connectivity index (χ0v) is 27.8. The summed E-state index contributed by atoms with van der Waals surface area (Å²) in [6.45, 7) is 4.76. The van der Waals surface area contributed by atoms with Crippen LogP contribution in [-0.4, -0.2) is 14.5 Å². The predicted molar refractivity (Wildman–Crippen MR) is 207 cm³/mol. The summed E-state index contributed by atoms with van der Waals surface area (Å²) in [5.41, 5.74) is 10.4. The summed E-state index contributed by atoms with van der Waals surface area (Å²) >= 11 is 1.84. The topological polar surface area (TPSA) is 30.7 Å². The summed E-state index contributed by atoms with van der Waals surface area (Å²) in [5, 5.41) is 8.64. The minimum atomic E-state index is -0.233. The van der Waals surface area contributed by atoms with E-state index in [-0.39, 0.29) is 5.41 Å². The van der Waals surface area contributed by atoms with Crippen molar-refractivity contribution in [2.75, 3.05) is 0 Å². The van der Waals surface area contributed by atoms with Gasteiger partial charge in [0, 0.05) is 47.3 Å². The summed E-state index contributed by atoms with van der Waals surface area (Å²) in [6, 6.07) is 50.5. The molecule has 0 aliphatic heterocycles. The Bertz CT molecular complexity index is 3030. The average Bonchev–Trinajstić information content (AvgIpc) is 3.77. The van der Waals surface area contributed by atoms with E-state index in [1.807, 2.05) is 11.3 Å². The molecule has 0 bridgehead atoms. The summed E-state index contributed by atoms with van der Waals surface area (Å²) in [4.78, 5) is 11.0. The number of thiophene rings is 1. The van der Waals surface area contributed by atoms with Crippen molar-refractivity contribution in [2.45, 2.75) is 19.3 Å². The van der Waals surface area contributed by atoms with Crippen molar-refractivity contribution in [3.8, 4) is 28.3 Å². The van der Waals surface area contributed by atoms with Crippen molar-refractivity contribution >= 4 is 75.0 Å². The molecule has 0 spiro atoms. The van der Waals surface area contributed by atoms with Gasteiger partial charge in [-0.25, -0.2) is 9.97 Å². The third-order valence-electron chi connectivity index (χ3n) is 10.8. The number of hydrogen-bond donors (Lipinski definition) is 0. The highest BCUT2D eigenvalue weighted by atomic mass is 32.1. The zero-order valence-electron chi connectivity index (χ0n) is 27.0. The number of para-hydroxylation sites is 2. The lowest BCUT2D eigenvalue weighted by Gasteiger charge is -2.24. The van der Waals surface area contributed by atoms with Crippen molar-refractivity contribution in [3.05, 3.63) is 151 Å². The molecule has 7 aromatic carbocycles. The van der Waals surface area contributed by atoms with Crippen LogP contribution < -0.4 is 0 Å². The van der Waals surface area contributed by atoms with E-state index < -0.39 is 0 Å². The minimum absolute atomic E-state index is 0.233. The first-order valence-corrected chi connectivity index (χ1v) is 17.7. The Balaban J connectivity index is 1.33. The lowest BCUT2D eigenvalue weighted by molar-refractivity contribution is 0.664.